The van der Waals surface area contributed by atoms with Gasteiger partial charge >= 0.3 is 0 Å². The molecule has 316 valence electrons. The molecule has 0 aliphatic rings. The summed E-state index contributed by atoms with van der Waals surface area (Å²) in [5.74, 6) is 0. The van der Waals surface area contributed by atoms with Crippen LogP contribution in [0.25, 0.3) is 132 Å². The molecule has 68 heavy (non-hydrogen) atoms. The zero-order valence-electron chi connectivity index (χ0n) is 37.0. The Labute approximate surface area is 393 Å². The van der Waals surface area contributed by atoms with E-state index in [9.17, 15) is 0 Å². The van der Waals surface area contributed by atoms with Crippen molar-refractivity contribution in [1.82, 2.24) is 14.1 Å². The second kappa shape index (κ2) is 15.3. The highest BCUT2D eigenvalue weighted by Crippen LogP contribution is 2.42. The lowest BCUT2D eigenvalue weighted by molar-refractivity contribution is 1.13. The Morgan fingerprint density at radius 3 is 1.22 bits per heavy atom. The molecule has 0 spiro atoms. The van der Waals surface area contributed by atoms with Crippen molar-refractivity contribution in [3.8, 4) is 56.0 Å². The zero-order chi connectivity index (χ0) is 44.7. The van der Waals surface area contributed by atoms with Crippen molar-refractivity contribution >= 4 is 76.1 Å². The Bertz CT molecular complexity index is 4070. The predicted molar refractivity (Wildman–Crippen MR) is 287 cm³/mol. The predicted octanol–water partition coefficient (Wildman–Crippen LogP) is 17.4. The summed E-state index contributed by atoms with van der Waals surface area (Å²) in [6, 6.07) is 90.8. The molecule has 0 bridgehead atoms. The first-order chi connectivity index (χ1) is 33.7. The molecule has 0 fully saturated rings. The Morgan fingerprint density at radius 2 is 0.691 bits per heavy atom. The summed E-state index contributed by atoms with van der Waals surface area (Å²) in [6.45, 7) is 0. The van der Waals surface area contributed by atoms with Gasteiger partial charge in [0.25, 0.3) is 0 Å². The van der Waals surface area contributed by atoms with Crippen molar-refractivity contribution in [3.05, 3.63) is 249 Å². The maximum atomic E-state index is 5.20. The van der Waals surface area contributed by atoms with Crippen LogP contribution >= 0.6 is 0 Å². The average molecular weight is 864 g/mol. The van der Waals surface area contributed by atoms with E-state index in [-0.39, 0.29) is 0 Å². The van der Waals surface area contributed by atoms with Crippen LogP contribution in [-0.4, -0.2) is 14.1 Å². The van der Waals surface area contributed by atoms with E-state index in [2.05, 4.69) is 258 Å². The summed E-state index contributed by atoms with van der Waals surface area (Å²) < 4.78 is 4.89. The fourth-order valence-corrected chi connectivity index (χ4v) is 11.0. The van der Waals surface area contributed by atoms with Crippen molar-refractivity contribution in [1.29, 1.82) is 0 Å². The Balaban J connectivity index is 0.955. The standard InChI is InChI=1S/C65H41N3/c1-2-17-45(18-3-1)60-41-58(65-51-19-5-4-16-42(51)34-37-59(65)66-60)44-32-30-43(31-33-44)49-35-36-50(53-21-7-6-20-52(49)53)46-38-47(67-61-26-12-8-22-54(61)55-23-9-13-27-62(55)67)40-48(39-46)68-63-28-14-10-24-56(63)57-25-11-15-29-64(57)68/h1-41H. The number of fused-ring (bicyclic) bond motifs is 10. The normalized spacial score (nSPS) is 11.8. The van der Waals surface area contributed by atoms with E-state index in [1.165, 1.54) is 92.8 Å². The number of hydrogen-bond donors (Lipinski definition) is 0. The Hall–Kier alpha value is -9.05. The molecule has 3 nitrogen and oxygen atoms in total. The van der Waals surface area contributed by atoms with Gasteiger partial charge in [-0.25, -0.2) is 4.98 Å². The van der Waals surface area contributed by atoms with Gasteiger partial charge in [-0.2, -0.15) is 0 Å². The lowest BCUT2D eigenvalue weighted by Gasteiger charge is -2.18. The fraction of sp³-hybridized carbons (Fsp3) is 0. The molecule has 14 aromatic rings. The highest BCUT2D eigenvalue weighted by molar-refractivity contribution is 6.15. The topological polar surface area (TPSA) is 22.8 Å². The fourth-order valence-electron chi connectivity index (χ4n) is 11.0. The second-order valence-electron chi connectivity index (χ2n) is 17.9. The van der Waals surface area contributed by atoms with Gasteiger partial charge in [-0.3, -0.25) is 0 Å². The van der Waals surface area contributed by atoms with Crippen LogP contribution in [0.15, 0.2) is 249 Å². The summed E-state index contributed by atoms with van der Waals surface area (Å²) in [4.78, 5) is 5.20. The molecule has 0 radical (unpaired) electrons. The van der Waals surface area contributed by atoms with E-state index >= 15 is 0 Å². The molecular weight excluding hydrogens is 823 g/mol. The Morgan fingerprint density at radius 1 is 0.265 bits per heavy atom. The number of benzene rings is 11. The van der Waals surface area contributed by atoms with Crippen molar-refractivity contribution in [2.75, 3.05) is 0 Å². The van der Waals surface area contributed by atoms with Gasteiger partial charge in [0.1, 0.15) is 0 Å². The van der Waals surface area contributed by atoms with Gasteiger partial charge in [-0.15, -0.1) is 0 Å². The molecule has 14 rings (SSSR count). The smallest absolute Gasteiger partial charge is 0.0722 e. The van der Waals surface area contributed by atoms with E-state index in [4.69, 9.17) is 4.98 Å². The minimum absolute atomic E-state index is 0.970. The number of hydrogen-bond acceptors (Lipinski definition) is 1. The quantitative estimate of drug-likeness (QED) is 0.153. The van der Waals surface area contributed by atoms with Crippen LogP contribution in [0, 0.1) is 0 Å². The van der Waals surface area contributed by atoms with E-state index in [1.807, 2.05) is 0 Å². The minimum Gasteiger partial charge on any atom is -0.309 e. The van der Waals surface area contributed by atoms with Crippen molar-refractivity contribution < 1.29 is 0 Å². The molecule has 0 atom stereocenters. The first-order valence-corrected chi connectivity index (χ1v) is 23.4. The first kappa shape index (κ1) is 38.2. The molecular formula is C65H41N3. The molecule has 3 aromatic heterocycles. The summed E-state index contributed by atoms with van der Waals surface area (Å²) in [5.41, 5.74) is 17.1. The number of pyridine rings is 1. The summed E-state index contributed by atoms with van der Waals surface area (Å²) in [6.07, 6.45) is 0. The van der Waals surface area contributed by atoms with Gasteiger partial charge in [-0.05, 0) is 110 Å². The highest BCUT2D eigenvalue weighted by Gasteiger charge is 2.19. The third kappa shape index (κ3) is 5.96. The van der Waals surface area contributed by atoms with Crippen LogP contribution in [-0.2, 0) is 0 Å². The molecule has 0 saturated carbocycles. The van der Waals surface area contributed by atoms with E-state index in [0.717, 1.165) is 39.3 Å². The van der Waals surface area contributed by atoms with Gasteiger partial charge in [-0.1, -0.05) is 194 Å². The van der Waals surface area contributed by atoms with Crippen LogP contribution in [0.4, 0.5) is 0 Å². The van der Waals surface area contributed by atoms with Gasteiger partial charge in [0.15, 0.2) is 0 Å². The molecule has 0 unspecified atom stereocenters. The SMILES string of the molecule is c1ccc(-c2cc(-c3ccc(-c4ccc(-c5cc(-n6c7ccccc7c7ccccc76)cc(-n6c7ccccc7c7ccccc76)c5)c5ccccc45)cc3)c3c(ccc4ccccc43)n2)cc1. The molecule has 0 N–H and O–H groups in total. The Kier molecular flexibility index (Phi) is 8.59. The summed E-state index contributed by atoms with van der Waals surface area (Å²) in [5, 5.41) is 11.0. The number of aromatic nitrogens is 3. The lowest BCUT2D eigenvalue weighted by atomic mass is 9.90. The van der Waals surface area contributed by atoms with Gasteiger partial charge in [0.2, 0.25) is 0 Å². The van der Waals surface area contributed by atoms with Gasteiger partial charge < -0.3 is 9.13 Å². The molecule has 0 aliphatic carbocycles. The maximum absolute atomic E-state index is 5.20. The molecule has 0 aliphatic heterocycles. The highest BCUT2D eigenvalue weighted by atomic mass is 15.0. The maximum Gasteiger partial charge on any atom is 0.0722 e. The van der Waals surface area contributed by atoms with Gasteiger partial charge in [0, 0.05) is 43.9 Å². The van der Waals surface area contributed by atoms with Crippen molar-refractivity contribution in [2.24, 2.45) is 0 Å². The van der Waals surface area contributed by atoms with E-state index < -0.39 is 0 Å². The molecule has 0 saturated heterocycles. The van der Waals surface area contributed by atoms with Crippen LogP contribution in [0.2, 0.25) is 0 Å². The van der Waals surface area contributed by atoms with Crippen LogP contribution in [0.5, 0.6) is 0 Å². The largest absolute Gasteiger partial charge is 0.309 e. The summed E-state index contributed by atoms with van der Waals surface area (Å²) in [7, 11) is 0. The second-order valence-corrected chi connectivity index (χ2v) is 17.9. The number of nitrogens with zero attached hydrogens (tertiary/aromatic N) is 3. The zero-order valence-corrected chi connectivity index (χ0v) is 37.0. The number of rotatable bonds is 6. The van der Waals surface area contributed by atoms with Crippen LogP contribution in [0.1, 0.15) is 0 Å². The molecule has 3 heteroatoms. The van der Waals surface area contributed by atoms with Crippen LogP contribution < -0.4 is 0 Å². The third-order valence-corrected chi connectivity index (χ3v) is 14.1. The third-order valence-electron chi connectivity index (χ3n) is 14.1. The lowest BCUT2D eigenvalue weighted by Crippen LogP contribution is -2.00. The average Bonchev–Trinajstić information content (AvgIpc) is 3.93. The summed E-state index contributed by atoms with van der Waals surface area (Å²) >= 11 is 0. The first-order valence-electron chi connectivity index (χ1n) is 23.4. The minimum atomic E-state index is 0.970. The monoisotopic (exact) mass is 863 g/mol. The molecule has 3 heterocycles. The van der Waals surface area contributed by atoms with Gasteiger partial charge in [0.05, 0.1) is 33.3 Å². The molecule has 0 amide bonds. The molecule has 11 aromatic carbocycles. The van der Waals surface area contributed by atoms with Crippen molar-refractivity contribution in [3.63, 3.8) is 0 Å². The van der Waals surface area contributed by atoms with E-state index in [1.54, 1.807) is 0 Å². The van der Waals surface area contributed by atoms with Crippen molar-refractivity contribution in [2.45, 2.75) is 0 Å². The van der Waals surface area contributed by atoms with E-state index in [0.29, 0.717) is 0 Å². The van der Waals surface area contributed by atoms with Crippen LogP contribution in [0.3, 0.4) is 0 Å². The number of para-hydroxylation sites is 4.